The smallest absolute Gasteiger partial charge is 0.251 e. The van der Waals surface area contributed by atoms with Crippen LogP contribution in [-0.2, 0) is 6.42 Å². The Morgan fingerprint density at radius 1 is 1.38 bits per heavy atom. The van der Waals surface area contributed by atoms with Gasteiger partial charge in [0, 0.05) is 24.1 Å². The van der Waals surface area contributed by atoms with Gasteiger partial charge in [0.1, 0.15) is 5.76 Å². The molecule has 21 heavy (non-hydrogen) atoms. The first-order valence-electron chi connectivity index (χ1n) is 6.81. The number of nitrogens with two attached hydrogens (primary N) is 1. The molecule has 2 rings (SSSR count). The van der Waals surface area contributed by atoms with Crippen LogP contribution in [-0.4, -0.2) is 19.0 Å². The fourth-order valence-electron chi connectivity index (χ4n) is 1.90. The first-order valence-corrected chi connectivity index (χ1v) is 6.81. The van der Waals surface area contributed by atoms with Gasteiger partial charge < -0.3 is 15.5 Å². The normalized spacial score (nSPS) is 9.81. The number of nitrogens with one attached hydrogen (secondary N) is 1. The molecule has 4 heteroatoms. The van der Waals surface area contributed by atoms with E-state index in [9.17, 15) is 4.79 Å². The number of carbonyl (C=O) groups excluding carboxylic acids is 1. The topological polar surface area (TPSA) is 68.3 Å². The zero-order valence-corrected chi connectivity index (χ0v) is 12.0. The Morgan fingerprint density at radius 2 is 2.24 bits per heavy atom. The number of carbonyl (C=O) groups is 1. The quantitative estimate of drug-likeness (QED) is 0.841. The molecule has 0 saturated carbocycles. The third-order valence-electron chi connectivity index (χ3n) is 3.06. The van der Waals surface area contributed by atoms with Crippen LogP contribution in [0.1, 0.15) is 27.2 Å². The van der Waals surface area contributed by atoms with Crippen LogP contribution in [0.4, 0.5) is 0 Å². The summed E-state index contributed by atoms with van der Waals surface area (Å²) in [4.78, 5) is 12.1. The zero-order chi connectivity index (χ0) is 15.1. The van der Waals surface area contributed by atoms with E-state index >= 15 is 0 Å². The molecule has 4 nitrogen and oxygen atoms in total. The number of aryl methyl sites for hydroxylation is 1. The van der Waals surface area contributed by atoms with Crippen LogP contribution in [0.2, 0.25) is 0 Å². The highest BCUT2D eigenvalue weighted by atomic mass is 16.3. The van der Waals surface area contributed by atoms with Crippen molar-refractivity contribution in [1.29, 1.82) is 0 Å². The average Bonchev–Trinajstić information content (AvgIpc) is 2.99. The van der Waals surface area contributed by atoms with E-state index in [1.807, 2.05) is 25.1 Å². The molecule has 0 bridgehead atoms. The molecular weight excluding hydrogens is 264 g/mol. The SMILES string of the molecule is Cc1ccc(C(=O)NCCc2ccco2)cc1C#CCN. The molecule has 1 aromatic heterocycles. The molecule has 0 radical (unpaired) electrons. The van der Waals surface area contributed by atoms with Crippen molar-refractivity contribution in [1.82, 2.24) is 5.32 Å². The van der Waals surface area contributed by atoms with Gasteiger partial charge in [-0.05, 0) is 36.8 Å². The highest BCUT2D eigenvalue weighted by molar-refractivity contribution is 5.94. The Bertz CT molecular complexity index is 664. The minimum atomic E-state index is -0.114. The van der Waals surface area contributed by atoms with E-state index in [1.165, 1.54) is 0 Å². The lowest BCUT2D eigenvalue weighted by molar-refractivity contribution is 0.0953. The van der Waals surface area contributed by atoms with Crippen molar-refractivity contribution < 1.29 is 9.21 Å². The maximum atomic E-state index is 12.1. The summed E-state index contributed by atoms with van der Waals surface area (Å²) in [6.07, 6.45) is 2.30. The fraction of sp³-hybridized carbons (Fsp3) is 0.235. The highest BCUT2D eigenvalue weighted by Crippen LogP contribution is 2.10. The van der Waals surface area contributed by atoms with E-state index in [0.29, 0.717) is 25.1 Å². The number of hydrogen-bond donors (Lipinski definition) is 2. The summed E-state index contributed by atoms with van der Waals surface area (Å²) >= 11 is 0. The second-order valence-corrected chi connectivity index (χ2v) is 4.62. The van der Waals surface area contributed by atoms with Crippen LogP contribution in [0, 0.1) is 18.8 Å². The molecular formula is C17H18N2O2. The molecule has 0 atom stereocenters. The van der Waals surface area contributed by atoms with Gasteiger partial charge in [0.25, 0.3) is 5.91 Å². The number of amides is 1. The number of benzene rings is 1. The third kappa shape index (κ3) is 4.23. The molecule has 1 aromatic carbocycles. The van der Waals surface area contributed by atoms with Gasteiger partial charge in [-0.3, -0.25) is 4.79 Å². The van der Waals surface area contributed by atoms with Gasteiger partial charge in [0.15, 0.2) is 0 Å². The van der Waals surface area contributed by atoms with E-state index in [4.69, 9.17) is 10.2 Å². The van der Waals surface area contributed by atoms with E-state index in [1.54, 1.807) is 18.4 Å². The summed E-state index contributed by atoms with van der Waals surface area (Å²) < 4.78 is 5.22. The van der Waals surface area contributed by atoms with E-state index in [2.05, 4.69) is 17.2 Å². The molecule has 0 spiro atoms. The van der Waals surface area contributed by atoms with Crippen LogP contribution in [0.5, 0.6) is 0 Å². The van der Waals surface area contributed by atoms with Crippen molar-refractivity contribution in [2.45, 2.75) is 13.3 Å². The molecule has 0 saturated heterocycles. The van der Waals surface area contributed by atoms with Gasteiger partial charge in [-0.15, -0.1) is 0 Å². The van der Waals surface area contributed by atoms with Crippen molar-refractivity contribution in [3.63, 3.8) is 0 Å². The van der Waals surface area contributed by atoms with Crippen molar-refractivity contribution >= 4 is 5.91 Å². The minimum absolute atomic E-state index is 0.114. The molecule has 0 fully saturated rings. The van der Waals surface area contributed by atoms with Gasteiger partial charge in [-0.1, -0.05) is 17.9 Å². The second kappa shape index (κ2) is 7.32. The van der Waals surface area contributed by atoms with Crippen molar-refractivity contribution in [3.05, 3.63) is 59.0 Å². The number of rotatable bonds is 4. The molecule has 0 unspecified atom stereocenters. The first-order chi connectivity index (χ1) is 10.2. The average molecular weight is 282 g/mol. The highest BCUT2D eigenvalue weighted by Gasteiger charge is 2.07. The predicted octanol–water partition coefficient (Wildman–Crippen LogP) is 1.87. The Balaban J connectivity index is 1.98. The minimum Gasteiger partial charge on any atom is -0.469 e. The lowest BCUT2D eigenvalue weighted by Gasteiger charge is -2.06. The second-order valence-electron chi connectivity index (χ2n) is 4.62. The summed E-state index contributed by atoms with van der Waals surface area (Å²) in [6.45, 7) is 2.79. The Labute approximate surface area is 124 Å². The predicted molar refractivity (Wildman–Crippen MR) is 81.9 cm³/mol. The summed E-state index contributed by atoms with van der Waals surface area (Å²) in [6, 6.07) is 9.20. The lowest BCUT2D eigenvalue weighted by atomic mass is 10.0. The van der Waals surface area contributed by atoms with Crippen LogP contribution in [0.3, 0.4) is 0 Å². The van der Waals surface area contributed by atoms with Crippen LogP contribution in [0.25, 0.3) is 0 Å². The van der Waals surface area contributed by atoms with Gasteiger partial charge in [-0.2, -0.15) is 0 Å². The monoisotopic (exact) mass is 282 g/mol. The Kier molecular flexibility index (Phi) is 5.19. The fourth-order valence-corrected chi connectivity index (χ4v) is 1.90. The maximum Gasteiger partial charge on any atom is 0.251 e. The summed E-state index contributed by atoms with van der Waals surface area (Å²) in [5, 5.41) is 2.87. The molecule has 0 aliphatic carbocycles. The summed E-state index contributed by atoms with van der Waals surface area (Å²) in [7, 11) is 0. The number of furan rings is 1. The molecule has 0 aliphatic heterocycles. The van der Waals surface area contributed by atoms with E-state index in [-0.39, 0.29) is 5.91 Å². The number of hydrogen-bond acceptors (Lipinski definition) is 3. The lowest BCUT2D eigenvalue weighted by Crippen LogP contribution is -2.25. The van der Waals surface area contributed by atoms with Gasteiger partial charge >= 0.3 is 0 Å². The molecule has 2 aromatic rings. The van der Waals surface area contributed by atoms with Crippen LogP contribution in [0.15, 0.2) is 41.0 Å². The van der Waals surface area contributed by atoms with Gasteiger partial charge in [0.05, 0.1) is 12.8 Å². The largest absolute Gasteiger partial charge is 0.469 e. The first kappa shape index (κ1) is 14.9. The van der Waals surface area contributed by atoms with Crippen molar-refractivity contribution in [3.8, 4) is 11.8 Å². The maximum absolute atomic E-state index is 12.1. The summed E-state index contributed by atoms with van der Waals surface area (Å²) in [5.74, 6) is 6.52. The van der Waals surface area contributed by atoms with Crippen molar-refractivity contribution in [2.75, 3.05) is 13.1 Å². The molecule has 108 valence electrons. The zero-order valence-electron chi connectivity index (χ0n) is 12.0. The van der Waals surface area contributed by atoms with Gasteiger partial charge in [-0.25, -0.2) is 0 Å². The Hall–Kier alpha value is -2.51. The van der Waals surface area contributed by atoms with E-state index < -0.39 is 0 Å². The van der Waals surface area contributed by atoms with Crippen molar-refractivity contribution in [2.24, 2.45) is 5.73 Å². The molecule has 3 N–H and O–H groups in total. The van der Waals surface area contributed by atoms with Crippen LogP contribution < -0.4 is 11.1 Å². The standard InChI is InChI=1S/C17H18N2O2/c1-13-6-7-15(12-14(13)4-2-9-18)17(20)19-10-8-16-5-3-11-21-16/h3,5-7,11-12H,8-10,18H2,1H3,(H,19,20). The molecule has 0 aliphatic rings. The Morgan fingerprint density at radius 3 is 2.95 bits per heavy atom. The molecule has 1 amide bonds. The van der Waals surface area contributed by atoms with E-state index in [0.717, 1.165) is 16.9 Å². The van der Waals surface area contributed by atoms with Gasteiger partial charge in [0.2, 0.25) is 0 Å². The molecule has 1 heterocycles. The van der Waals surface area contributed by atoms with Crippen LogP contribution >= 0.6 is 0 Å². The third-order valence-corrected chi connectivity index (χ3v) is 3.06. The summed E-state index contributed by atoms with van der Waals surface area (Å²) in [5.41, 5.74) is 7.84.